The number of rotatable bonds is 13. The smallest absolute Gasteiger partial charge is 0.305 e. The van der Waals surface area contributed by atoms with E-state index in [0.29, 0.717) is 0 Å². The average molecular weight is 933 g/mol. The number of nitrogens with two attached hydrogens (primary N) is 4. The van der Waals surface area contributed by atoms with Crippen LogP contribution in [0.1, 0.15) is 66.7 Å². The Hall–Kier alpha value is -6.19. The highest BCUT2D eigenvalue weighted by molar-refractivity contribution is 8.76. The predicted octanol–water partition coefficient (Wildman–Crippen LogP) is -6.43. The zero-order chi connectivity index (χ0) is 48.3. The molecule has 0 unspecified atom stereocenters. The highest BCUT2D eigenvalue weighted by Crippen LogP contribution is 2.23. The van der Waals surface area contributed by atoms with Crippen molar-refractivity contribution in [3.63, 3.8) is 0 Å². The third-order valence-corrected chi connectivity index (χ3v) is 11.5. The monoisotopic (exact) mass is 932 g/mol. The quantitative estimate of drug-likeness (QED) is 0.0764. The number of carboxylic acids is 1. The Labute approximate surface area is 368 Å². The maximum Gasteiger partial charge on any atom is 0.305 e. The molecule has 26 nitrogen and oxygen atoms in total. The molecular weight excluding hydrogens is 877 g/mol. The first-order chi connectivity index (χ1) is 29.3. The molecule has 0 spiro atoms. The molecule has 9 atom stereocenters. The van der Waals surface area contributed by atoms with Crippen molar-refractivity contribution in [2.45, 2.75) is 115 Å². The van der Waals surface area contributed by atoms with Crippen LogP contribution in [0, 0.1) is 11.8 Å². The van der Waals surface area contributed by atoms with E-state index in [-0.39, 0.29) is 17.9 Å². The average Bonchev–Trinajstić information content (AvgIpc) is 3.16. The highest BCUT2D eigenvalue weighted by atomic mass is 33.1. The molecule has 0 aromatic rings. The van der Waals surface area contributed by atoms with Crippen LogP contribution >= 0.6 is 21.6 Å². The summed E-state index contributed by atoms with van der Waals surface area (Å²) in [5, 5.41) is 27.9. The van der Waals surface area contributed by atoms with Gasteiger partial charge >= 0.3 is 5.97 Å². The molecule has 0 aromatic carbocycles. The van der Waals surface area contributed by atoms with Gasteiger partial charge in [0.05, 0.1) is 25.7 Å². The number of amides is 12. The third-order valence-electron chi connectivity index (χ3n) is 9.07. The molecular formula is C35H56N12O14S2. The van der Waals surface area contributed by atoms with Gasteiger partial charge in [0.2, 0.25) is 70.9 Å². The summed E-state index contributed by atoms with van der Waals surface area (Å²) in [6, 6.07) is -13.4. The molecule has 0 radical (unpaired) electrons. The maximum absolute atomic E-state index is 13.8. The van der Waals surface area contributed by atoms with Crippen molar-refractivity contribution in [3.05, 3.63) is 0 Å². The van der Waals surface area contributed by atoms with Gasteiger partial charge in [0.15, 0.2) is 0 Å². The molecule has 28 heteroatoms. The molecule has 12 amide bonds. The Balaban J connectivity index is 3.91. The van der Waals surface area contributed by atoms with Crippen LogP contribution in [0.3, 0.4) is 0 Å². The summed E-state index contributed by atoms with van der Waals surface area (Å²) in [6.45, 7) is 7.24. The number of aliphatic carboxylic acids is 1. The van der Waals surface area contributed by atoms with Gasteiger partial charge in [-0.3, -0.25) is 62.3 Å². The predicted molar refractivity (Wildman–Crippen MR) is 223 cm³/mol. The van der Waals surface area contributed by atoms with Crippen LogP contribution in [0.25, 0.3) is 0 Å². The summed E-state index contributed by atoms with van der Waals surface area (Å²) in [7, 11) is 1.79. The third kappa shape index (κ3) is 19.6. The van der Waals surface area contributed by atoms with Crippen molar-refractivity contribution in [1.29, 1.82) is 0 Å². The van der Waals surface area contributed by atoms with Gasteiger partial charge in [-0.25, -0.2) is 0 Å². The Bertz CT molecular complexity index is 1790. The summed E-state index contributed by atoms with van der Waals surface area (Å²) in [5.74, 6) is -16.8. The molecule has 1 saturated heterocycles. The van der Waals surface area contributed by atoms with E-state index in [1.165, 1.54) is 20.8 Å². The van der Waals surface area contributed by atoms with E-state index in [1.54, 1.807) is 6.92 Å². The van der Waals surface area contributed by atoms with Gasteiger partial charge < -0.3 is 70.6 Å². The number of carboxylic acid groups (broad SMARTS) is 1. The van der Waals surface area contributed by atoms with E-state index in [2.05, 4.69) is 42.5 Å². The van der Waals surface area contributed by atoms with Crippen LogP contribution in [0.4, 0.5) is 0 Å². The number of primary amides is 4. The number of carbonyl (C=O) groups is 13. The molecule has 17 N–H and O–H groups in total. The van der Waals surface area contributed by atoms with Crippen LogP contribution in [0.2, 0.25) is 0 Å². The van der Waals surface area contributed by atoms with E-state index >= 15 is 0 Å². The van der Waals surface area contributed by atoms with Crippen LogP contribution in [0.5, 0.6) is 0 Å². The first-order valence-corrected chi connectivity index (χ1v) is 21.8. The topological polar surface area (TPSA) is 442 Å². The van der Waals surface area contributed by atoms with Crippen LogP contribution in [-0.4, -0.2) is 142 Å². The minimum Gasteiger partial charge on any atom is -0.481 e. The van der Waals surface area contributed by atoms with Gasteiger partial charge in [-0.05, 0) is 11.8 Å². The Morgan fingerprint density at radius 2 is 0.968 bits per heavy atom. The summed E-state index contributed by atoms with van der Waals surface area (Å²) in [4.78, 5) is 168. The SMILES string of the molecule is CC[C@H](C)[C@@H]1NC(=O)[C@H](CC(=O)O)NC(=O)[C@H](C(C)C)NC(=O)[C@@H](NC(C)=O)CSSC[C@@H](C(N)=O)NC(=O)[C@H](CC(N)=O)NC(=O)[C@H](CC(N)=O)NC(=O)[C@H](CC(N)=O)NC1=O. The molecule has 0 saturated carbocycles. The van der Waals surface area contributed by atoms with E-state index in [1.807, 2.05) is 0 Å². The van der Waals surface area contributed by atoms with E-state index in [4.69, 9.17) is 22.9 Å². The van der Waals surface area contributed by atoms with Crippen molar-refractivity contribution < 1.29 is 67.4 Å². The van der Waals surface area contributed by atoms with E-state index < -0.39 is 163 Å². The van der Waals surface area contributed by atoms with Gasteiger partial charge in [-0.2, -0.15) is 0 Å². The molecule has 352 valence electrons. The minimum atomic E-state index is -1.95. The van der Waals surface area contributed by atoms with Gasteiger partial charge in [-0.15, -0.1) is 0 Å². The molecule has 1 heterocycles. The molecule has 0 aromatic heterocycles. The van der Waals surface area contributed by atoms with Crippen LogP contribution in [-0.2, 0) is 62.3 Å². The lowest BCUT2D eigenvalue weighted by atomic mass is 9.96. The van der Waals surface area contributed by atoms with Gasteiger partial charge in [-0.1, -0.05) is 55.7 Å². The summed E-state index contributed by atoms with van der Waals surface area (Å²) in [5.41, 5.74) is 21.4. The fourth-order valence-electron chi connectivity index (χ4n) is 5.56. The standard InChI is InChI=1S/C35H56N12O14S2/c1-6-14(4)27-35(61)43-18(9-24(38)51)30(56)41-16(7-22(36)49)29(55)42-17(8-23(37)50)31(57)45-20(28(39)54)11-62-63-12-21(40-15(5)48)33(59)46-26(13(2)3)34(60)44-19(10-25(52)53)32(58)47-27/h13-14,16-21,26-27H,6-12H2,1-5H3,(H2,36,49)(H2,37,50)(H2,38,51)(H2,39,54)(H,40,48)(H,41,56)(H,42,55)(H,43,61)(H,44,60)(H,45,57)(H,46,59)(H,47,58)(H,52,53)/t14-,16-,17-,18-,19-,20-,21-,26-,27-/m0/s1. The molecule has 0 aliphatic carbocycles. The normalized spacial score (nSPS) is 25.9. The molecule has 0 bridgehead atoms. The fourth-order valence-corrected chi connectivity index (χ4v) is 7.90. The first-order valence-electron chi connectivity index (χ1n) is 19.3. The summed E-state index contributed by atoms with van der Waals surface area (Å²) >= 11 is 0. The van der Waals surface area contributed by atoms with E-state index in [0.717, 1.165) is 28.5 Å². The van der Waals surface area contributed by atoms with Crippen molar-refractivity contribution in [1.82, 2.24) is 42.5 Å². The number of carbonyl (C=O) groups excluding carboxylic acids is 12. The maximum atomic E-state index is 13.8. The molecule has 63 heavy (non-hydrogen) atoms. The summed E-state index contributed by atoms with van der Waals surface area (Å²) < 4.78 is 0. The Morgan fingerprint density at radius 3 is 1.37 bits per heavy atom. The van der Waals surface area contributed by atoms with Crippen LogP contribution in [0.15, 0.2) is 0 Å². The van der Waals surface area contributed by atoms with Gasteiger partial charge in [0.1, 0.15) is 48.3 Å². The number of hydrogen-bond donors (Lipinski definition) is 13. The first kappa shape index (κ1) is 54.8. The summed E-state index contributed by atoms with van der Waals surface area (Å²) in [6.07, 6.45) is -3.60. The Kier molecular flexibility index (Phi) is 22.9. The van der Waals surface area contributed by atoms with Crippen molar-refractivity contribution in [2.24, 2.45) is 34.8 Å². The second-order valence-corrected chi connectivity index (χ2v) is 17.3. The number of hydrogen-bond acceptors (Lipinski definition) is 15. The lowest BCUT2D eigenvalue weighted by Gasteiger charge is -2.30. The zero-order valence-electron chi connectivity index (χ0n) is 35.1. The molecule has 1 aliphatic rings. The molecule has 1 fully saturated rings. The van der Waals surface area contributed by atoms with Gasteiger partial charge in [0.25, 0.3) is 0 Å². The van der Waals surface area contributed by atoms with Crippen LogP contribution < -0.4 is 65.5 Å². The zero-order valence-corrected chi connectivity index (χ0v) is 36.7. The van der Waals surface area contributed by atoms with E-state index in [9.17, 15) is 67.4 Å². The lowest BCUT2D eigenvalue weighted by molar-refractivity contribution is -0.142. The lowest BCUT2D eigenvalue weighted by Crippen LogP contribution is -2.62. The fraction of sp³-hybridized carbons (Fsp3) is 0.629. The van der Waals surface area contributed by atoms with Crippen molar-refractivity contribution in [2.75, 3.05) is 11.5 Å². The number of nitrogens with one attached hydrogen (secondary N) is 8. The second-order valence-electron chi connectivity index (χ2n) is 14.7. The van der Waals surface area contributed by atoms with Crippen molar-refractivity contribution >= 4 is 98.4 Å². The molecule has 1 rings (SSSR count). The second kappa shape index (κ2) is 26.3. The Morgan fingerprint density at radius 1 is 0.587 bits per heavy atom. The van der Waals surface area contributed by atoms with Crippen molar-refractivity contribution in [3.8, 4) is 0 Å². The molecule has 1 aliphatic heterocycles. The largest absolute Gasteiger partial charge is 0.481 e. The minimum absolute atomic E-state index is 0.176. The van der Waals surface area contributed by atoms with Gasteiger partial charge in [0, 0.05) is 18.4 Å². The highest BCUT2D eigenvalue weighted by Gasteiger charge is 2.38.